The number of carbonyl (C=O) groups excluding carboxylic acids is 1. The zero-order valence-electron chi connectivity index (χ0n) is 12.4. The standard InChI is InChI=1S/C16H25NO2/c1-5-19-15(18)13(11-17)10-12-6-8-14(9-7-12)16(2,3)4/h6-9,13H,5,10-11,17H2,1-4H3. The van der Waals surface area contributed by atoms with Gasteiger partial charge >= 0.3 is 5.97 Å². The molecule has 1 aromatic rings. The molecule has 106 valence electrons. The SMILES string of the molecule is CCOC(=O)C(CN)Cc1ccc(C(C)(C)C)cc1. The lowest BCUT2D eigenvalue weighted by Crippen LogP contribution is -2.27. The van der Waals surface area contributed by atoms with Gasteiger partial charge < -0.3 is 10.5 Å². The second-order valence-corrected chi connectivity index (χ2v) is 5.84. The largest absolute Gasteiger partial charge is 0.466 e. The van der Waals surface area contributed by atoms with Crippen LogP contribution in [0.2, 0.25) is 0 Å². The van der Waals surface area contributed by atoms with Gasteiger partial charge in [-0.25, -0.2) is 0 Å². The van der Waals surface area contributed by atoms with E-state index in [1.165, 1.54) is 5.56 Å². The predicted octanol–water partition coefficient (Wildman–Crippen LogP) is 2.66. The van der Waals surface area contributed by atoms with Gasteiger partial charge in [0.05, 0.1) is 12.5 Å². The van der Waals surface area contributed by atoms with Gasteiger partial charge in [-0.05, 0) is 29.9 Å². The highest BCUT2D eigenvalue weighted by Crippen LogP contribution is 2.23. The van der Waals surface area contributed by atoms with Gasteiger partial charge in [0.15, 0.2) is 0 Å². The number of esters is 1. The summed E-state index contributed by atoms with van der Waals surface area (Å²) in [6.07, 6.45) is 0.639. The van der Waals surface area contributed by atoms with Gasteiger partial charge in [0, 0.05) is 6.54 Å². The van der Waals surface area contributed by atoms with E-state index in [4.69, 9.17) is 10.5 Å². The molecule has 3 nitrogen and oxygen atoms in total. The van der Waals surface area contributed by atoms with Crippen LogP contribution in [0, 0.1) is 5.92 Å². The maximum Gasteiger partial charge on any atom is 0.310 e. The smallest absolute Gasteiger partial charge is 0.310 e. The van der Waals surface area contributed by atoms with Crippen molar-refractivity contribution in [3.05, 3.63) is 35.4 Å². The molecular formula is C16H25NO2. The molecule has 1 aromatic carbocycles. The van der Waals surface area contributed by atoms with Gasteiger partial charge in [-0.3, -0.25) is 4.79 Å². The second kappa shape index (κ2) is 6.71. The Morgan fingerprint density at radius 3 is 2.26 bits per heavy atom. The maximum absolute atomic E-state index is 11.7. The van der Waals surface area contributed by atoms with Gasteiger partial charge in [-0.1, -0.05) is 45.0 Å². The lowest BCUT2D eigenvalue weighted by molar-refractivity contribution is -0.147. The first-order valence-electron chi connectivity index (χ1n) is 6.84. The van der Waals surface area contributed by atoms with Crippen LogP contribution in [0.15, 0.2) is 24.3 Å². The third kappa shape index (κ3) is 4.67. The summed E-state index contributed by atoms with van der Waals surface area (Å²) in [7, 11) is 0. The Kier molecular flexibility index (Phi) is 5.55. The van der Waals surface area contributed by atoms with Crippen LogP contribution in [0.3, 0.4) is 0 Å². The van der Waals surface area contributed by atoms with Crippen LogP contribution in [0.1, 0.15) is 38.8 Å². The van der Waals surface area contributed by atoms with Crippen LogP contribution in [0.5, 0.6) is 0 Å². The number of ether oxygens (including phenoxy) is 1. The molecule has 0 aliphatic carbocycles. The fourth-order valence-electron chi connectivity index (χ4n) is 1.95. The summed E-state index contributed by atoms with van der Waals surface area (Å²) < 4.78 is 5.03. The minimum atomic E-state index is -0.250. The molecule has 0 aromatic heterocycles. The Morgan fingerprint density at radius 1 is 1.26 bits per heavy atom. The van der Waals surface area contributed by atoms with Crippen molar-refractivity contribution in [2.45, 2.75) is 39.5 Å². The molecule has 0 aliphatic rings. The minimum absolute atomic E-state index is 0.146. The van der Waals surface area contributed by atoms with Crippen LogP contribution in [0.4, 0.5) is 0 Å². The normalized spacial score (nSPS) is 13.1. The molecule has 0 saturated carbocycles. The Morgan fingerprint density at radius 2 is 1.84 bits per heavy atom. The zero-order chi connectivity index (χ0) is 14.5. The number of hydrogen-bond donors (Lipinski definition) is 1. The third-order valence-electron chi connectivity index (χ3n) is 3.21. The van der Waals surface area contributed by atoms with Gasteiger partial charge in [0.1, 0.15) is 0 Å². The first kappa shape index (κ1) is 15.7. The third-order valence-corrected chi connectivity index (χ3v) is 3.21. The van der Waals surface area contributed by atoms with E-state index in [1.807, 2.05) is 6.92 Å². The van der Waals surface area contributed by atoms with E-state index in [0.29, 0.717) is 19.6 Å². The van der Waals surface area contributed by atoms with Crippen LogP contribution in [-0.2, 0) is 21.4 Å². The number of carbonyl (C=O) groups is 1. The van der Waals surface area contributed by atoms with Crippen molar-refractivity contribution in [2.75, 3.05) is 13.2 Å². The first-order valence-corrected chi connectivity index (χ1v) is 6.84. The Bertz CT molecular complexity index is 404. The van der Waals surface area contributed by atoms with E-state index in [0.717, 1.165) is 5.56 Å². The topological polar surface area (TPSA) is 52.3 Å². The molecule has 0 aliphatic heterocycles. The number of rotatable bonds is 5. The van der Waals surface area contributed by atoms with E-state index in [9.17, 15) is 4.79 Å². The van der Waals surface area contributed by atoms with Gasteiger partial charge in [-0.2, -0.15) is 0 Å². The molecule has 0 spiro atoms. The number of hydrogen-bond acceptors (Lipinski definition) is 3. The van der Waals surface area contributed by atoms with Gasteiger partial charge in [0.2, 0.25) is 0 Å². The summed E-state index contributed by atoms with van der Waals surface area (Å²) in [5.41, 5.74) is 8.21. The predicted molar refractivity (Wildman–Crippen MR) is 78.0 cm³/mol. The first-order chi connectivity index (χ1) is 8.88. The Labute approximate surface area is 116 Å². The van der Waals surface area contributed by atoms with E-state index in [-0.39, 0.29) is 17.3 Å². The summed E-state index contributed by atoms with van der Waals surface area (Å²) in [6.45, 7) is 9.08. The van der Waals surface area contributed by atoms with Gasteiger partial charge in [-0.15, -0.1) is 0 Å². The average molecular weight is 263 g/mol. The van der Waals surface area contributed by atoms with Crippen molar-refractivity contribution in [3.8, 4) is 0 Å². The molecule has 1 rings (SSSR count). The molecule has 0 radical (unpaired) electrons. The second-order valence-electron chi connectivity index (χ2n) is 5.84. The molecule has 0 bridgehead atoms. The van der Waals surface area contributed by atoms with Crippen molar-refractivity contribution in [1.29, 1.82) is 0 Å². The fourth-order valence-corrected chi connectivity index (χ4v) is 1.95. The summed E-state index contributed by atoms with van der Waals surface area (Å²) in [6, 6.07) is 8.38. The summed E-state index contributed by atoms with van der Waals surface area (Å²) >= 11 is 0. The zero-order valence-corrected chi connectivity index (χ0v) is 12.4. The van der Waals surface area contributed by atoms with Crippen molar-refractivity contribution in [3.63, 3.8) is 0 Å². The molecule has 0 heterocycles. The lowest BCUT2D eigenvalue weighted by Gasteiger charge is -2.19. The van der Waals surface area contributed by atoms with Crippen LogP contribution < -0.4 is 5.73 Å². The molecule has 0 saturated heterocycles. The highest BCUT2D eigenvalue weighted by atomic mass is 16.5. The van der Waals surface area contributed by atoms with E-state index in [1.54, 1.807) is 0 Å². The summed E-state index contributed by atoms with van der Waals surface area (Å²) in [4.78, 5) is 11.7. The van der Waals surface area contributed by atoms with E-state index < -0.39 is 0 Å². The Balaban J connectivity index is 2.73. The van der Waals surface area contributed by atoms with Crippen molar-refractivity contribution in [1.82, 2.24) is 0 Å². The fraction of sp³-hybridized carbons (Fsp3) is 0.562. The highest BCUT2D eigenvalue weighted by molar-refractivity contribution is 5.73. The molecule has 19 heavy (non-hydrogen) atoms. The van der Waals surface area contributed by atoms with E-state index >= 15 is 0 Å². The quantitative estimate of drug-likeness (QED) is 0.831. The maximum atomic E-state index is 11.7. The molecule has 2 N–H and O–H groups in total. The highest BCUT2D eigenvalue weighted by Gasteiger charge is 2.19. The number of nitrogens with two attached hydrogens (primary N) is 1. The molecule has 0 fully saturated rings. The average Bonchev–Trinajstić information content (AvgIpc) is 2.35. The molecule has 1 unspecified atom stereocenters. The van der Waals surface area contributed by atoms with Crippen molar-refractivity contribution < 1.29 is 9.53 Å². The molecule has 0 amide bonds. The molecular weight excluding hydrogens is 238 g/mol. The molecule has 1 atom stereocenters. The minimum Gasteiger partial charge on any atom is -0.466 e. The Hall–Kier alpha value is -1.35. The van der Waals surface area contributed by atoms with Crippen molar-refractivity contribution >= 4 is 5.97 Å². The van der Waals surface area contributed by atoms with Crippen LogP contribution in [-0.4, -0.2) is 19.1 Å². The van der Waals surface area contributed by atoms with Crippen molar-refractivity contribution in [2.24, 2.45) is 11.7 Å². The van der Waals surface area contributed by atoms with Crippen LogP contribution >= 0.6 is 0 Å². The lowest BCUT2D eigenvalue weighted by atomic mass is 9.86. The van der Waals surface area contributed by atoms with Gasteiger partial charge in [0.25, 0.3) is 0 Å². The monoisotopic (exact) mass is 263 g/mol. The molecule has 3 heteroatoms. The van der Waals surface area contributed by atoms with Crippen LogP contribution in [0.25, 0.3) is 0 Å². The summed E-state index contributed by atoms with van der Waals surface area (Å²) in [5, 5.41) is 0. The van der Waals surface area contributed by atoms with E-state index in [2.05, 4.69) is 45.0 Å². The number of benzene rings is 1. The summed E-state index contributed by atoms with van der Waals surface area (Å²) in [5.74, 6) is -0.453.